The molecule has 0 fully saturated rings. The van der Waals surface area contributed by atoms with Crippen LogP contribution in [0.4, 0.5) is 11.5 Å². The van der Waals surface area contributed by atoms with E-state index in [2.05, 4.69) is 50.5 Å². The Bertz CT molecular complexity index is 1270. The number of para-hydroxylation sites is 1. The lowest BCUT2D eigenvalue weighted by atomic mass is 10.1. The average Bonchev–Trinajstić information content (AvgIpc) is 3.36. The molecule has 5 rings (SSSR count). The summed E-state index contributed by atoms with van der Waals surface area (Å²) in [5.74, 6) is 1.42. The molecule has 0 aliphatic carbocycles. The third-order valence-electron chi connectivity index (χ3n) is 4.73. The molecule has 0 atom stereocenters. The van der Waals surface area contributed by atoms with Crippen molar-refractivity contribution >= 4 is 28.2 Å². The molecule has 2 aromatic carbocycles. The first-order chi connectivity index (χ1) is 13.2. The molecule has 0 saturated carbocycles. The van der Waals surface area contributed by atoms with Gasteiger partial charge in [0.05, 0.1) is 11.7 Å². The van der Waals surface area contributed by atoms with Crippen LogP contribution in [-0.4, -0.2) is 36.4 Å². The van der Waals surface area contributed by atoms with Crippen LogP contribution in [0.3, 0.4) is 0 Å². The minimum Gasteiger partial charge on any atom is -0.329 e. The van der Waals surface area contributed by atoms with Crippen LogP contribution in [0, 0.1) is 0 Å². The van der Waals surface area contributed by atoms with Gasteiger partial charge in [0.15, 0.2) is 0 Å². The fourth-order valence-electron chi connectivity index (χ4n) is 3.35. The number of rotatable bonds is 3. The van der Waals surface area contributed by atoms with Gasteiger partial charge in [0.25, 0.3) is 5.78 Å². The van der Waals surface area contributed by atoms with Gasteiger partial charge < -0.3 is 4.90 Å². The van der Waals surface area contributed by atoms with Gasteiger partial charge in [-0.05, 0) is 29.8 Å². The van der Waals surface area contributed by atoms with Crippen molar-refractivity contribution in [3.8, 4) is 11.1 Å². The van der Waals surface area contributed by atoms with E-state index in [9.17, 15) is 0 Å². The lowest BCUT2D eigenvalue weighted by molar-refractivity contribution is 0.768. The quantitative estimate of drug-likeness (QED) is 0.496. The van der Waals surface area contributed by atoms with Crippen LogP contribution >= 0.6 is 0 Å². The van der Waals surface area contributed by atoms with Gasteiger partial charge in [-0.2, -0.15) is 10.1 Å². The standard InChI is InChI=1S/C20H17N7/c1-25-12-15(11-22-25)14-6-5-7-16(10-14)26(2)19-17-8-3-4-9-18(17)27-13-21-24-20(27)23-19/h3-13H,1-2H3. The summed E-state index contributed by atoms with van der Waals surface area (Å²) in [6.07, 6.45) is 5.57. The Labute approximate surface area is 155 Å². The van der Waals surface area contributed by atoms with E-state index in [0.717, 1.165) is 33.5 Å². The number of hydrogen-bond donors (Lipinski definition) is 0. The van der Waals surface area contributed by atoms with Crippen molar-refractivity contribution in [3.05, 3.63) is 67.3 Å². The molecule has 0 aliphatic rings. The highest BCUT2D eigenvalue weighted by atomic mass is 15.3. The first-order valence-electron chi connectivity index (χ1n) is 8.62. The van der Waals surface area contributed by atoms with Gasteiger partial charge >= 0.3 is 0 Å². The SMILES string of the molecule is CN(c1cccc(-c2cnn(C)c2)c1)c1nc2nncn2c2ccccc12. The monoisotopic (exact) mass is 355 g/mol. The minimum absolute atomic E-state index is 0.582. The third-order valence-corrected chi connectivity index (χ3v) is 4.73. The molecule has 132 valence electrons. The van der Waals surface area contributed by atoms with E-state index in [-0.39, 0.29) is 0 Å². The fourth-order valence-corrected chi connectivity index (χ4v) is 3.35. The summed E-state index contributed by atoms with van der Waals surface area (Å²) in [5, 5.41) is 13.4. The molecule has 0 radical (unpaired) electrons. The highest BCUT2D eigenvalue weighted by Crippen LogP contribution is 2.32. The maximum Gasteiger partial charge on any atom is 0.257 e. The number of benzene rings is 2. The zero-order valence-corrected chi connectivity index (χ0v) is 15.0. The molecule has 7 nitrogen and oxygen atoms in total. The summed E-state index contributed by atoms with van der Waals surface area (Å²) >= 11 is 0. The fraction of sp³-hybridized carbons (Fsp3) is 0.100. The summed E-state index contributed by atoms with van der Waals surface area (Å²) in [5.41, 5.74) is 4.26. The van der Waals surface area contributed by atoms with Crippen LogP contribution in [-0.2, 0) is 7.05 Å². The first-order valence-corrected chi connectivity index (χ1v) is 8.62. The van der Waals surface area contributed by atoms with Crippen molar-refractivity contribution in [1.82, 2.24) is 29.4 Å². The Morgan fingerprint density at radius 3 is 2.74 bits per heavy atom. The van der Waals surface area contributed by atoms with Crippen LogP contribution in [0.15, 0.2) is 67.3 Å². The molecule has 3 heterocycles. The average molecular weight is 355 g/mol. The summed E-state index contributed by atoms with van der Waals surface area (Å²) in [7, 11) is 3.94. The van der Waals surface area contributed by atoms with Crippen molar-refractivity contribution in [2.24, 2.45) is 7.05 Å². The Morgan fingerprint density at radius 2 is 1.89 bits per heavy atom. The lowest BCUT2D eigenvalue weighted by Gasteiger charge is -2.21. The van der Waals surface area contributed by atoms with Gasteiger partial charge in [0.1, 0.15) is 12.1 Å². The number of hydrogen-bond acceptors (Lipinski definition) is 5. The molecule has 27 heavy (non-hydrogen) atoms. The number of nitrogens with zero attached hydrogens (tertiary/aromatic N) is 7. The maximum atomic E-state index is 4.75. The molecule has 3 aromatic heterocycles. The molecule has 0 saturated heterocycles. The van der Waals surface area contributed by atoms with Crippen LogP contribution < -0.4 is 4.90 Å². The van der Waals surface area contributed by atoms with Crippen molar-refractivity contribution in [2.45, 2.75) is 0 Å². The summed E-state index contributed by atoms with van der Waals surface area (Å²) in [6, 6.07) is 16.5. The van der Waals surface area contributed by atoms with Gasteiger partial charge in [-0.1, -0.05) is 24.3 Å². The molecular weight excluding hydrogens is 338 g/mol. The highest BCUT2D eigenvalue weighted by Gasteiger charge is 2.14. The molecule has 0 amide bonds. The minimum atomic E-state index is 0.582. The van der Waals surface area contributed by atoms with Crippen LogP contribution in [0.1, 0.15) is 0 Å². The van der Waals surface area contributed by atoms with Gasteiger partial charge in [-0.15, -0.1) is 10.2 Å². The summed E-state index contributed by atoms with van der Waals surface area (Å²) < 4.78 is 3.71. The predicted octanol–water partition coefficient (Wildman–Crippen LogP) is 3.45. The first kappa shape index (κ1) is 15.5. The molecule has 0 unspecified atom stereocenters. The van der Waals surface area contributed by atoms with Gasteiger partial charge in [0, 0.05) is 36.9 Å². The normalized spacial score (nSPS) is 11.3. The van der Waals surface area contributed by atoms with E-state index in [1.807, 2.05) is 49.1 Å². The zero-order valence-electron chi connectivity index (χ0n) is 15.0. The molecule has 0 N–H and O–H groups in total. The Balaban J connectivity index is 1.66. The van der Waals surface area contributed by atoms with Crippen molar-refractivity contribution in [1.29, 1.82) is 0 Å². The zero-order chi connectivity index (χ0) is 18.4. The van der Waals surface area contributed by atoms with Gasteiger partial charge in [0.2, 0.25) is 0 Å². The summed E-state index contributed by atoms with van der Waals surface area (Å²) in [6.45, 7) is 0. The molecule has 0 spiro atoms. The maximum absolute atomic E-state index is 4.75. The van der Waals surface area contributed by atoms with E-state index in [1.165, 1.54) is 0 Å². The Kier molecular flexibility index (Phi) is 3.39. The second-order valence-corrected chi connectivity index (χ2v) is 6.47. The lowest BCUT2D eigenvalue weighted by Crippen LogP contribution is -2.13. The molecule has 0 bridgehead atoms. The largest absolute Gasteiger partial charge is 0.329 e. The third kappa shape index (κ3) is 2.52. The molecule has 7 heteroatoms. The van der Waals surface area contributed by atoms with Crippen molar-refractivity contribution in [2.75, 3.05) is 11.9 Å². The van der Waals surface area contributed by atoms with Gasteiger partial charge in [-0.3, -0.25) is 9.08 Å². The number of fused-ring (bicyclic) bond motifs is 3. The molecule has 0 aliphatic heterocycles. The second-order valence-electron chi connectivity index (χ2n) is 6.47. The van der Waals surface area contributed by atoms with E-state index in [0.29, 0.717) is 5.78 Å². The predicted molar refractivity (Wildman–Crippen MR) is 105 cm³/mol. The van der Waals surface area contributed by atoms with Crippen molar-refractivity contribution in [3.63, 3.8) is 0 Å². The van der Waals surface area contributed by atoms with Gasteiger partial charge in [-0.25, -0.2) is 0 Å². The van der Waals surface area contributed by atoms with Crippen LogP contribution in [0.5, 0.6) is 0 Å². The molecule has 5 aromatic rings. The van der Waals surface area contributed by atoms with E-state index < -0.39 is 0 Å². The van der Waals surface area contributed by atoms with Crippen LogP contribution in [0.25, 0.3) is 27.8 Å². The topological polar surface area (TPSA) is 64.1 Å². The van der Waals surface area contributed by atoms with E-state index in [1.54, 1.807) is 11.0 Å². The molecular formula is C20H17N7. The highest BCUT2D eigenvalue weighted by molar-refractivity contribution is 5.93. The number of aromatic nitrogens is 6. The van der Waals surface area contributed by atoms with Crippen LogP contribution in [0.2, 0.25) is 0 Å². The van der Waals surface area contributed by atoms with E-state index >= 15 is 0 Å². The Hall–Kier alpha value is -3.74. The Morgan fingerprint density at radius 1 is 1.00 bits per heavy atom. The van der Waals surface area contributed by atoms with E-state index in [4.69, 9.17) is 4.98 Å². The van der Waals surface area contributed by atoms with Crippen molar-refractivity contribution < 1.29 is 0 Å². The number of anilines is 2. The summed E-state index contributed by atoms with van der Waals surface area (Å²) in [4.78, 5) is 6.83. The smallest absolute Gasteiger partial charge is 0.257 e. The number of aryl methyl sites for hydroxylation is 1. The second kappa shape index (κ2) is 5.91.